The van der Waals surface area contributed by atoms with Crippen molar-refractivity contribution in [1.82, 2.24) is 4.90 Å². The van der Waals surface area contributed by atoms with Gasteiger partial charge in [0.15, 0.2) is 0 Å². The van der Waals surface area contributed by atoms with Crippen LogP contribution in [-0.2, 0) is 6.54 Å². The fraction of sp³-hybridized carbons (Fsp3) is 0.462. The van der Waals surface area contributed by atoms with Gasteiger partial charge in [-0.05, 0) is 31.1 Å². The molecule has 2 nitrogen and oxygen atoms in total. The summed E-state index contributed by atoms with van der Waals surface area (Å²) in [5.41, 5.74) is 7.52. The lowest BCUT2D eigenvalue weighted by atomic mass is 10.1. The van der Waals surface area contributed by atoms with Crippen LogP contribution in [0.25, 0.3) is 0 Å². The molecule has 0 spiro atoms. The second-order valence-electron chi connectivity index (χ2n) is 4.04. The molecule has 0 aromatic heterocycles. The van der Waals surface area contributed by atoms with Gasteiger partial charge in [0, 0.05) is 17.1 Å². The van der Waals surface area contributed by atoms with E-state index < -0.39 is 0 Å². The molecule has 0 aliphatic carbocycles. The highest BCUT2D eigenvalue weighted by atomic mass is 35.5. The number of thiocarbonyl (C=S) groups is 1. The Labute approximate surface area is 114 Å². The zero-order chi connectivity index (χ0) is 12.8. The Morgan fingerprint density at radius 3 is 2.59 bits per heavy atom. The van der Waals surface area contributed by atoms with E-state index in [1.165, 1.54) is 0 Å². The molecule has 0 fully saturated rings. The fourth-order valence-corrected chi connectivity index (χ4v) is 2.10. The van der Waals surface area contributed by atoms with Gasteiger partial charge in [-0.2, -0.15) is 0 Å². The van der Waals surface area contributed by atoms with Gasteiger partial charge in [-0.15, -0.1) is 0 Å². The molecule has 0 atom stereocenters. The lowest BCUT2D eigenvalue weighted by Gasteiger charge is -2.20. The van der Waals surface area contributed by atoms with Crippen LogP contribution in [0.3, 0.4) is 0 Å². The average molecular weight is 271 g/mol. The standard InChI is InChI=1S/C13H19ClN2S/c1-3-7-16(4-2)9-11-6-5-10(13(15)17)8-12(11)14/h5-6,8H,3-4,7,9H2,1-2H3,(H2,15,17). The topological polar surface area (TPSA) is 29.3 Å². The van der Waals surface area contributed by atoms with Crippen molar-refractivity contribution in [1.29, 1.82) is 0 Å². The number of nitrogens with two attached hydrogens (primary N) is 1. The van der Waals surface area contributed by atoms with E-state index in [0.717, 1.165) is 42.2 Å². The van der Waals surface area contributed by atoms with Crippen LogP contribution in [-0.4, -0.2) is 23.0 Å². The summed E-state index contributed by atoms with van der Waals surface area (Å²) in [6, 6.07) is 5.79. The largest absolute Gasteiger partial charge is 0.389 e. The molecule has 4 heteroatoms. The predicted octanol–water partition coefficient (Wildman–Crippen LogP) is 3.21. The summed E-state index contributed by atoms with van der Waals surface area (Å²) in [5.74, 6) is 0. The number of benzene rings is 1. The zero-order valence-corrected chi connectivity index (χ0v) is 11.9. The van der Waals surface area contributed by atoms with Crippen molar-refractivity contribution < 1.29 is 0 Å². The number of rotatable bonds is 6. The van der Waals surface area contributed by atoms with E-state index in [1.807, 2.05) is 18.2 Å². The Hall–Kier alpha value is -0.640. The van der Waals surface area contributed by atoms with Gasteiger partial charge >= 0.3 is 0 Å². The first-order valence-electron chi connectivity index (χ1n) is 5.89. The van der Waals surface area contributed by atoms with Crippen molar-refractivity contribution in [2.45, 2.75) is 26.8 Å². The van der Waals surface area contributed by atoms with Crippen LogP contribution >= 0.6 is 23.8 Å². The molecule has 0 aliphatic heterocycles. The van der Waals surface area contributed by atoms with Gasteiger partial charge in [-0.3, -0.25) is 4.90 Å². The highest BCUT2D eigenvalue weighted by Gasteiger charge is 2.07. The maximum absolute atomic E-state index is 6.23. The molecule has 1 aromatic carbocycles. The van der Waals surface area contributed by atoms with E-state index >= 15 is 0 Å². The van der Waals surface area contributed by atoms with E-state index in [4.69, 9.17) is 29.6 Å². The Morgan fingerprint density at radius 2 is 2.12 bits per heavy atom. The molecular formula is C13H19ClN2S. The lowest BCUT2D eigenvalue weighted by molar-refractivity contribution is 0.281. The summed E-state index contributed by atoms with van der Waals surface area (Å²) < 4.78 is 0. The first-order valence-corrected chi connectivity index (χ1v) is 6.67. The maximum atomic E-state index is 6.23. The number of hydrogen-bond acceptors (Lipinski definition) is 2. The first kappa shape index (κ1) is 14.4. The lowest BCUT2D eigenvalue weighted by Crippen LogP contribution is -2.23. The van der Waals surface area contributed by atoms with Crippen LogP contribution < -0.4 is 5.73 Å². The molecule has 0 heterocycles. The Balaban J connectivity index is 2.81. The highest BCUT2D eigenvalue weighted by Crippen LogP contribution is 2.19. The van der Waals surface area contributed by atoms with Crippen molar-refractivity contribution in [2.24, 2.45) is 5.73 Å². The SMILES string of the molecule is CCCN(CC)Cc1ccc(C(N)=S)cc1Cl. The first-order chi connectivity index (χ1) is 8.08. The Kier molecular flexibility index (Phi) is 5.89. The van der Waals surface area contributed by atoms with Gasteiger partial charge in [-0.1, -0.05) is 49.8 Å². The van der Waals surface area contributed by atoms with Gasteiger partial charge < -0.3 is 5.73 Å². The minimum absolute atomic E-state index is 0.388. The normalized spacial score (nSPS) is 10.8. The van der Waals surface area contributed by atoms with Crippen molar-refractivity contribution >= 4 is 28.8 Å². The zero-order valence-electron chi connectivity index (χ0n) is 10.4. The van der Waals surface area contributed by atoms with Crippen LogP contribution in [0.5, 0.6) is 0 Å². The molecule has 94 valence electrons. The minimum atomic E-state index is 0.388. The van der Waals surface area contributed by atoms with Gasteiger partial charge in [0.25, 0.3) is 0 Å². The van der Waals surface area contributed by atoms with Crippen molar-refractivity contribution in [3.63, 3.8) is 0 Å². The monoisotopic (exact) mass is 270 g/mol. The molecule has 0 saturated carbocycles. The van der Waals surface area contributed by atoms with Gasteiger partial charge in [0.1, 0.15) is 4.99 Å². The molecule has 0 unspecified atom stereocenters. The van der Waals surface area contributed by atoms with Crippen molar-refractivity contribution in [2.75, 3.05) is 13.1 Å². The molecular weight excluding hydrogens is 252 g/mol. The van der Waals surface area contributed by atoms with E-state index in [2.05, 4.69) is 18.7 Å². The summed E-state index contributed by atoms with van der Waals surface area (Å²) in [5, 5.41) is 0.741. The smallest absolute Gasteiger partial charge is 0.104 e. The molecule has 17 heavy (non-hydrogen) atoms. The quantitative estimate of drug-likeness (QED) is 0.805. The van der Waals surface area contributed by atoms with Crippen LogP contribution in [0.15, 0.2) is 18.2 Å². The minimum Gasteiger partial charge on any atom is -0.389 e. The molecule has 1 rings (SSSR count). The molecule has 0 aliphatic rings. The molecule has 0 saturated heterocycles. The summed E-state index contributed by atoms with van der Waals surface area (Å²) in [6.07, 6.45) is 1.15. The summed E-state index contributed by atoms with van der Waals surface area (Å²) >= 11 is 11.2. The van der Waals surface area contributed by atoms with Crippen molar-refractivity contribution in [3.05, 3.63) is 34.3 Å². The second kappa shape index (κ2) is 6.94. The van der Waals surface area contributed by atoms with E-state index in [9.17, 15) is 0 Å². The summed E-state index contributed by atoms with van der Waals surface area (Å²) in [4.78, 5) is 2.75. The van der Waals surface area contributed by atoms with E-state index in [0.29, 0.717) is 4.99 Å². The molecule has 2 N–H and O–H groups in total. The van der Waals surface area contributed by atoms with Crippen LogP contribution in [0.1, 0.15) is 31.4 Å². The Morgan fingerprint density at radius 1 is 1.41 bits per heavy atom. The number of nitrogens with zero attached hydrogens (tertiary/aromatic N) is 1. The molecule has 0 amide bonds. The van der Waals surface area contributed by atoms with E-state index in [-0.39, 0.29) is 0 Å². The van der Waals surface area contributed by atoms with Gasteiger partial charge in [-0.25, -0.2) is 0 Å². The highest BCUT2D eigenvalue weighted by molar-refractivity contribution is 7.80. The molecule has 1 aromatic rings. The van der Waals surface area contributed by atoms with Crippen LogP contribution in [0.2, 0.25) is 5.02 Å². The summed E-state index contributed by atoms with van der Waals surface area (Å²) in [6.45, 7) is 7.33. The third-order valence-corrected chi connectivity index (χ3v) is 3.31. The average Bonchev–Trinajstić information content (AvgIpc) is 2.30. The second-order valence-corrected chi connectivity index (χ2v) is 4.89. The maximum Gasteiger partial charge on any atom is 0.104 e. The van der Waals surface area contributed by atoms with E-state index in [1.54, 1.807) is 0 Å². The van der Waals surface area contributed by atoms with Crippen LogP contribution in [0.4, 0.5) is 0 Å². The molecule has 0 radical (unpaired) electrons. The van der Waals surface area contributed by atoms with Crippen LogP contribution in [0, 0.1) is 0 Å². The number of hydrogen-bond donors (Lipinski definition) is 1. The third kappa shape index (κ3) is 4.26. The van der Waals surface area contributed by atoms with Gasteiger partial charge in [0.05, 0.1) is 0 Å². The summed E-state index contributed by atoms with van der Waals surface area (Å²) in [7, 11) is 0. The molecule has 0 bridgehead atoms. The van der Waals surface area contributed by atoms with Crippen molar-refractivity contribution in [3.8, 4) is 0 Å². The fourth-order valence-electron chi connectivity index (χ4n) is 1.73. The predicted molar refractivity (Wildman–Crippen MR) is 78.6 cm³/mol. The third-order valence-electron chi connectivity index (χ3n) is 2.72. The Bertz CT molecular complexity index is 393. The van der Waals surface area contributed by atoms with Gasteiger partial charge in [0.2, 0.25) is 0 Å². The number of halogens is 1.